The van der Waals surface area contributed by atoms with Gasteiger partial charge >= 0.3 is 12.0 Å². The van der Waals surface area contributed by atoms with E-state index in [1.165, 1.54) is 0 Å². The van der Waals surface area contributed by atoms with Gasteiger partial charge in [0, 0.05) is 29.3 Å². The molecule has 2 saturated carbocycles. The maximum Gasteiger partial charge on any atom is 0.325 e. The molecule has 4 atom stereocenters. The van der Waals surface area contributed by atoms with Crippen molar-refractivity contribution < 1.29 is 19.1 Å². The van der Waals surface area contributed by atoms with E-state index in [2.05, 4.69) is 16.0 Å². The summed E-state index contributed by atoms with van der Waals surface area (Å²) in [6.45, 7) is 5.75. The normalized spacial score (nSPS) is 29.6. The smallest absolute Gasteiger partial charge is 0.325 e. The number of urea groups is 1. The quantitative estimate of drug-likeness (QED) is 0.415. The average molecular weight is 464 g/mol. The fourth-order valence-electron chi connectivity index (χ4n) is 4.17. The lowest BCUT2D eigenvalue weighted by molar-refractivity contribution is -0.154. The molecule has 172 valence electrons. The van der Waals surface area contributed by atoms with Crippen LogP contribution in [0.2, 0.25) is 0 Å². The Labute approximate surface area is 189 Å². The lowest BCUT2D eigenvalue weighted by atomic mass is 9.85. The van der Waals surface area contributed by atoms with Gasteiger partial charge in [0.05, 0.1) is 0 Å². The van der Waals surface area contributed by atoms with Crippen molar-refractivity contribution in [1.29, 1.82) is 0 Å². The summed E-state index contributed by atoms with van der Waals surface area (Å²) in [5, 5.41) is 8.68. The largest absolute Gasteiger partial charge is 0.459 e. The SMILES string of the molecule is CC(C)(C)OC(=O)CNC(=O)C1CCCC(NC(=O)NCC2CC(Cl)CC(Cl)C2)C1. The Bertz CT molecular complexity index is 602. The standard InChI is InChI=1S/C21H35Cl2N3O4/c1-21(2,3)30-18(27)12-24-19(28)14-5-4-6-17(9-14)26-20(29)25-11-13-7-15(22)10-16(23)8-13/h13-17H,4-12H2,1-3H3,(H,24,28)(H2,25,26,29). The van der Waals surface area contributed by atoms with Crippen molar-refractivity contribution in [2.24, 2.45) is 11.8 Å². The lowest BCUT2D eigenvalue weighted by Gasteiger charge is -2.31. The second-order valence-corrected chi connectivity index (χ2v) is 10.7. The molecular weight excluding hydrogens is 429 g/mol. The Hall–Kier alpha value is -1.21. The highest BCUT2D eigenvalue weighted by molar-refractivity contribution is 6.23. The second kappa shape index (κ2) is 11.4. The molecule has 2 rings (SSSR count). The molecule has 2 fully saturated rings. The molecule has 3 amide bonds. The number of amides is 3. The number of rotatable bonds is 6. The number of esters is 1. The van der Waals surface area contributed by atoms with Crippen LogP contribution in [-0.2, 0) is 14.3 Å². The Balaban J connectivity index is 1.70. The lowest BCUT2D eigenvalue weighted by Crippen LogP contribution is -2.48. The molecular formula is C21H35Cl2N3O4. The maximum absolute atomic E-state index is 12.4. The van der Waals surface area contributed by atoms with E-state index in [1.54, 1.807) is 20.8 Å². The van der Waals surface area contributed by atoms with Gasteiger partial charge in [0.15, 0.2) is 0 Å². The highest BCUT2D eigenvalue weighted by atomic mass is 35.5. The minimum absolute atomic E-state index is 0.0643. The molecule has 4 unspecified atom stereocenters. The van der Waals surface area contributed by atoms with Crippen LogP contribution in [-0.4, -0.2) is 53.4 Å². The van der Waals surface area contributed by atoms with E-state index in [1.807, 2.05) is 0 Å². The van der Waals surface area contributed by atoms with E-state index in [0.717, 1.165) is 38.5 Å². The molecule has 0 aliphatic heterocycles. The van der Waals surface area contributed by atoms with Gasteiger partial charge in [0.2, 0.25) is 5.91 Å². The summed E-state index contributed by atoms with van der Waals surface area (Å²) < 4.78 is 5.20. The van der Waals surface area contributed by atoms with Crippen LogP contribution in [0.4, 0.5) is 4.79 Å². The highest BCUT2D eigenvalue weighted by Crippen LogP contribution is 2.31. The van der Waals surface area contributed by atoms with Crippen LogP contribution in [0.3, 0.4) is 0 Å². The fraction of sp³-hybridized carbons (Fsp3) is 0.857. The van der Waals surface area contributed by atoms with Crippen LogP contribution in [0.1, 0.15) is 65.7 Å². The molecule has 0 radical (unpaired) electrons. The van der Waals surface area contributed by atoms with Crippen molar-refractivity contribution in [3.63, 3.8) is 0 Å². The maximum atomic E-state index is 12.4. The van der Waals surface area contributed by atoms with Crippen molar-refractivity contribution in [3.05, 3.63) is 0 Å². The third-order valence-electron chi connectivity index (χ3n) is 5.45. The van der Waals surface area contributed by atoms with Crippen molar-refractivity contribution in [3.8, 4) is 0 Å². The zero-order valence-electron chi connectivity index (χ0n) is 18.1. The van der Waals surface area contributed by atoms with E-state index in [0.29, 0.717) is 13.0 Å². The van der Waals surface area contributed by atoms with Gasteiger partial charge in [-0.25, -0.2) is 4.79 Å². The Morgan fingerprint density at radius 3 is 2.27 bits per heavy atom. The summed E-state index contributed by atoms with van der Waals surface area (Å²) >= 11 is 12.4. The third kappa shape index (κ3) is 9.29. The van der Waals surface area contributed by atoms with Gasteiger partial charge in [-0.2, -0.15) is 0 Å². The molecule has 9 heteroatoms. The molecule has 0 aromatic heterocycles. The van der Waals surface area contributed by atoms with Crippen LogP contribution in [0.25, 0.3) is 0 Å². The number of nitrogens with one attached hydrogen (secondary N) is 3. The predicted octanol–water partition coefficient (Wildman–Crippen LogP) is 3.32. The van der Waals surface area contributed by atoms with Gasteiger partial charge in [0.1, 0.15) is 12.1 Å². The van der Waals surface area contributed by atoms with Crippen molar-refractivity contribution in [1.82, 2.24) is 16.0 Å². The molecule has 2 aliphatic rings. The summed E-state index contributed by atoms with van der Waals surface area (Å²) in [5.41, 5.74) is -0.581. The average Bonchev–Trinajstić information content (AvgIpc) is 2.62. The monoisotopic (exact) mass is 463 g/mol. The molecule has 0 bridgehead atoms. The van der Waals surface area contributed by atoms with E-state index in [4.69, 9.17) is 27.9 Å². The van der Waals surface area contributed by atoms with Crippen molar-refractivity contribution >= 4 is 41.1 Å². The summed E-state index contributed by atoms with van der Waals surface area (Å²) in [6.07, 6.45) is 5.51. The Kier molecular flexibility index (Phi) is 9.54. The summed E-state index contributed by atoms with van der Waals surface area (Å²) in [5.74, 6) is -0.566. The van der Waals surface area contributed by atoms with Gasteiger partial charge in [0.25, 0.3) is 0 Å². The summed E-state index contributed by atoms with van der Waals surface area (Å²) in [7, 11) is 0. The van der Waals surface area contributed by atoms with E-state index < -0.39 is 11.6 Å². The Morgan fingerprint density at radius 1 is 0.967 bits per heavy atom. The number of carbonyl (C=O) groups excluding carboxylic acids is 3. The molecule has 2 aliphatic carbocycles. The van der Waals surface area contributed by atoms with Gasteiger partial charge in [-0.15, -0.1) is 23.2 Å². The Morgan fingerprint density at radius 2 is 1.63 bits per heavy atom. The van der Waals surface area contributed by atoms with E-state index in [9.17, 15) is 14.4 Å². The van der Waals surface area contributed by atoms with Crippen LogP contribution in [0.15, 0.2) is 0 Å². The van der Waals surface area contributed by atoms with Crippen LogP contribution in [0.5, 0.6) is 0 Å². The first kappa shape index (κ1) is 25.1. The summed E-state index contributed by atoms with van der Waals surface area (Å²) in [6, 6.07) is -0.290. The van der Waals surface area contributed by atoms with Crippen LogP contribution >= 0.6 is 23.2 Å². The van der Waals surface area contributed by atoms with Crippen LogP contribution in [0, 0.1) is 11.8 Å². The first-order valence-electron chi connectivity index (χ1n) is 10.8. The van der Waals surface area contributed by atoms with E-state index in [-0.39, 0.29) is 47.1 Å². The minimum Gasteiger partial charge on any atom is -0.459 e. The van der Waals surface area contributed by atoms with Gasteiger partial charge in [-0.05, 0) is 65.2 Å². The van der Waals surface area contributed by atoms with E-state index >= 15 is 0 Å². The predicted molar refractivity (Wildman–Crippen MR) is 118 cm³/mol. The molecule has 0 heterocycles. The zero-order valence-corrected chi connectivity index (χ0v) is 19.7. The first-order valence-corrected chi connectivity index (χ1v) is 11.7. The molecule has 0 spiro atoms. The number of halogens is 2. The molecule has 0 aromatic carbocycles. The minimum atomic E-state index is -0.581. The summed E-state index contributed by atoms with van der Waals surface area (Å²) in [4.78, 5) is 36.5. The molecule has 30 heavy (non-hydrogen) atoms. The van der Waals surface area contributed by atoms with Gasteiger partial charge in [-0.3, -0.25) is 9.59 Å². The number of hydrogen-bond donors (Lipinski definition) is 3. The van der Waals surface area contributed by atoms with Gasteiger partial charge in [-0.1, -0.05) is 6.42 Å². The topological polar surface area (TPSA) is 96.5 Å². The fourth-order valence-corrected chi connectivity index (χ4v) is 5.20. The number of alkyl halides is 2. The molecule has 3 N–H and O–H groups in total. The van der Waals surface area contributed by atoms with Crippen LogP contribution < -0.4 is 16.0 Å². The van der Waals surface area contributed by atoms with Crippen molar-refractivity contribution in [2.45, 2.75) is 88.1 Å². The number of ether oxygens (including phenoxy) is 1. The molecule has 0 aromatic rings. The van der Waals surface area contributed by atoms with Gasteiger partial charge < -0.3 is 20.7 Å². The number of hydrogen-bond acceptors (Lipinski definition) is 4. The molecule has 7 nitrogen and oxygen atoms in total. The highest BCUT2D eigenvalue weighted by Gasteiger charge is 2.30. The zero-order chi connectivity index (χ0) is 22.3. The van der Waals surface area contributed by atoms with Crippen molar-refractivity contribution in [2.75, 3.05) is 13.1 Å². The first-order chi connectivity index (χ1) is 14.0. The second-order valence-electron chi connectivity index (χ2n) is 9.49. The molecule has 0 saturated heterocycles. The number of carbonyl (C=O) groups is 3. The third-order valence-corrected chi connectivity index (χ3v) is 6.16.